The molecule has 0 aliphatic carbocycles. The van der Waals surface area contributed by atoms with Gasteiger partial charge in [0.05, 0.1) is 0 Å². The molecule has 1 rings (SSSR count). The van der Waals surface area contributed by atoms with Gasteiger partial charge in [-0.05, 0) is 6.42 Å². The molecule has 1 aliphatic heterocycles. The van der Waals surface area contributed by atoms with E-state index in [9.17, 15) is 19.7 Å². The number of carbonyl (C=O) groups excluding carboxylic acids is 2. The summed E-state index contributed by atoms with van der Waals surface area (Å²) in [4.78, 5) is 32.4. The van der Waals surface area contributed by atoms with Crippen molar-refractivity contribution in [2.45, 2.75) is 12.8 Å². The van der Waals surface area contributed by atoms with Crippen LogP contribution >= 0.6 is 0 Å². The van der Waals surface area contributed by atoms with Crippen molar-refractivity contribution in [2.24, 2.45) is 0 Å². The fourth-order valence-electron chi connectivity index (χ4n) is 1.13. The van der Waals surface area contributed by atoms with Crippen LogP contribution in [0.15, 0.2) is 0 Å². The molecule has 0 radical (unpaired) electrons. The van der Waals surface area contributed by atoms with Crippen molar-refractivity contribution in [2.75, 3.05) is 19.7 Å². The molecule has 0 aromatic heterocycles. The first kappa shape index (κ1) is 10.4. The fraction of sp³-hybridized carbons (Fsp3) is 0.714. The van der Waals surface area contributed by atoms with Crippen molar-refractivity contribution in [3.63, 3.8) is 0 Å². The van der Waals surface area contributed by atoms with E-state index < -0.39 is 17.6 Å². The van der Waals surface area contributed by atoms with Crippen LogP contribution in [-0.2, 0) is 9.53 Å². The molecule has 7 nitrogen and oxygen atoms in total. The Balaban J connectivity index is 2.27. The predicted octanol–water partition coefficient (Wildman–Crippen LogP) is 0.0221. The van der Waals surface area contributed by atoms with Gasteiger partial charge in [0, 0.05) is 17.9 Å². The average Bonchev–Trinajstić information content (AvgIpc) is 2.50. The molecule has 0 bridgehead atoms. The van der Waals surface area contributed by atoms with Gasteiger partial charge >= 0.3 is 6.09 Å². The van der Waals surface area contributed by atoms with Crippen LogP contribution in [0.25, 0.3) is 0 Å². The van der Waals surface area contributed by atoms with Crippen LogP contribution in [0.5, 0.6) is 0 Å². The zero-order valence-electron chi connectivity index (χ0n) is 7.47. The van der Waals surface area contributed by atoms with Crippen LogP contribution in [0, 0.1) is 10.1 Å². The lowest BCUT2D eigenvalue weighted by Crippen LogP contribution is -2.33. The molecule has 0 spiro atoms. The monoisotopic (exact) mass is 202 g/mol. The summed E-state index contributed by atoms with van der Waals surface area (Å²) < 4.78 is 4.53. The van der Waals surface area contributed by atoms with E-state index in [0.29, 0.717) is 19.4 Å². The highest BCUT2D eigenvalue weighted by molar-refractivity contribution is 5.93. The highest BCUT2D eigenvalue weighted by atomic mass is 16.6. The molecule has 0 aromatic carbocycles. The highest BCUT2D eigenvalue weighted by Gasteiger charge is 2.27. The van der Waals surface area contributed by atoms with Crippen LogP contribution in [-0.4, -0.2) is 41.5 Å². The summed E-state index contributed by atoms with van der Waals surface area (Å²) in [6.45, 7) is -0.389. The van der Waals surface area contributed by atoms with Gasteiger partial charge in [0.2, 0.25) is 12.5 Å². The predicted molar refractivity (Wildman–Crippen MR) is 44.2 cm³/mol. The summed E-state index contributed by atoms with van der Waals surface area (Å²) in [7, 11) is 0. The second-order valence-electron chi connectivity index (χ2n) is 2.82. The standard InChI is InChI=1S/C7H10N2O5/c10-6-2-1-3-8(6)7(11)14-5-4-9(12)13/h1-5H2. The number of nitrogens with zero attached hydrogens (tertiary/aromatic N) is 2. The van der Waals surface area contributed by atoms with E-state index in [1.807, 2.05) is 0 Å². The number of imide groups is 1. The molecule has 0 unspecified atom stereocenters. The Morgan fingerprint density at radius 3 is 2.86 bits per heavy atom. The second-order valence-corrected chi connectivity index (χ2v) is 2.82. The summed E-state index contributed by atoms with van der Waals surface area (Å²) in [5, 5.41) is 9.90. The number of likely N-dealkylation sites (tertiary alicyclic amines) is 1. The third-order valence-corrected chi connectivity index (χ3v) is 1.79. The van der Waals surface area contributed by atoms with Gasteiger partial charge in [-0.15, -0.1) is 0 Å². The Hall–Kier alpha value is -1.66. The van der Waals surface area contributed by atoms with Gasteiger partial charge in [0.15, 0.2) is 6.61 Å². The lowest BCUT2D eigenvalue weighted by Gasteiger charge is -2.11. The maximum atomic E-state index is 11.1. The van der Waals surface area contributed by atoms with E-state index in [4.69, 9.17) is 0 Å². The summed E-state index contributed by atoms with van der Waals surface area (Å²) in [5.74, 6) is -0.281. The lowest BCUT2D eigenvalue weighted by molar-refractivity contribution is -0.482. The smallest absolute Gasteiger partial charge is 0.416 e. The number of carbonyl (C=O) groups is 2. The first-order valence-corrected chi connectivity index (χ1v) is 4.20. The summed E-state index contributed by atoms with van der Waals surface area (Å²) in [6, 6.07) is 0. The van der Waals surface area contributed by atoms with Crippen LogP contribution in [0.4, 0.5) is 4.79 Å². The van der Waals surface area contributed by atoms with E-state index in [-0.39, 0.29) is 12.5 Å². The molecule has 1 fully saturated rings. The number of amides is 2. The van der Waals surface area contributed by atoms with Crippen LogP contribution in [0.2, 0.25) is 0 Å². The van der Waals surface area contributed by atoms with Crippen molar-refractivity contribution < 1.29 is 19.2 Å². The van der Waals surface area contributed by atoms with Crippen LogP contribution in [0.3, 0.4) is 0 Å². The lowest BCUT2D eigenvalue weighted by atomic mass is 10.4. The minimum absolute atomic E-state index is 0.281. The molecule has 0 saturated carbocycles. The van der Waals surface area contributed by atoms with E-state index in [2.05, 4.69) is 4.74 Å². The Kier molecular flexibility index (Phi) is 3.38. The number of rotatable bonds is 3. The van der Waals surface area contributed by atoms with E-state index in [0.717, 1.165) is 4.90 Å². The maximum absolute atomic E-state index is 11.1. The SMILES string of the molecule is O=C1CCCN1C(=O)OCC[N+](=O)[O-]. The first-order chi connectivity index (χ1) is 6.61. The number of hydrogen-bond donors (Lipinski definition) is 0. The number of ether oxygens (including phenoxy) is 1. The average molecular weight is 202 g/mol. The van der Waals surface area contributed by atoms with Gasteiger partial charge in [0.25, 0.3) is 0 Å². The van der Waals surface area contributed by atoms with Gasteiger partial charge in [-0.1, -0.05) is 0 Å². The number of nitro groups is 1. The summed E-state index contributed by atoms with van der Waals surface area (Å²) in [6.07, 6.45) is 0.183. The molecule has 1 heterocycles. The largest absolute Gasteiger partial charge is 0.442 e. The molecule has 14 heavy (non-hydrogen) atoms. The minimum atomic E-state index is -0.783. The summed E-state index contributed by atoms with van der Waals surface area (Å²) in [5.41, 5.74) is 0. The zero-order valence-corrected chi connectivity index (χ0v) is 7.47. The van der Waals surface area contributed by atoms with Crippen LogP contribution in [0.1, 0.15) is 12.8 Å². The van der Waals surface area contributed by atoms with Crippen LogP contribution < -0.4 is 0 Å². The molecule has 0 N–H and O–H groups in total. The first-order valence-electron chi connectivity index (χ1n) is 4.20. The molecule has 78 valence electrons. The van der Waals surface area contributed by atoms with E-state index in [1.165, 1.54) is 0 Å². The normalized spacial score (nSPS) is 15.7. The zero-order chi connectivity index (χ0) is 10.6. The molecule has 1 saturated heterocycles. The molecular weight excluding hydrogens is 192 g/mol. The van der Waals surface area contributed by atoms with Crippen molar-refractivity contribution >= 4 is 12.0 Å². The topological polar surface area (TPSA) is 89.8 Å². The Labute approximate surface area is 79.8 Å². The van der Waals surface area contributed by atoms with Gasteiger partial charge < -0.3 is 4.74 Å². The van der Waals surface area contributed by atoms with Gasteiger partial charge in [-0.25, -0.2) is 9.69 Å². The van der Waals surface area contributed by atoms with Crippen molar-refractivity contribution in [3.8, 4) is 0 Å². The van der Waals surface area contributed by atoms with Crippen molar-refractivity contribution in [1.82, 2.24) is 4.90 Å². The third-order valence-electron chi connectivity index (χ3n) is 1.79. The maximum Gasteiger partial charge on any atom is 0.416 e. The second kappa shape index (κ2) is 4.54. The molecule has 0 aromatic rings. The van der Waals surface area contributed by atoms with Crippen molar-refractivity contribution in [3.05, 3.63) is 10.1 Å². The van der Waals surface area contributed by atoms with Crippen molar-refractivity contribution in [1.29, 1.82) is 0 Å². The fourth-order valence-corrected chi connectivity index (χ4v) is 1.13. The Morgan fingerprint density at radius 2 is 2.36 bits per heavy atom. The minimum Gasteiger partial charge on any atom is -0.442 e. The molecule has 1 aliphatic rings. The van der Waals surface area contributed by atoms with Gasteiger partial charge in [0.1, 0.15) is 0 Å². The summed E-state index contributed by atoms with van der Waals surface area (Å²) >= 11 is 0. The molecular formula is C7H10N2O5. The molecule has 7 heteroatoms. The van der Waals surface area contributed by atoms with E-state index in [1.54, 1.807) is 0 Å². The van der Waals surface area contributed by atoms with E-state index >= 15 is 0 Å². The van der Waals surface area contributed by atoms with Gasteiger partial charge in [-0.2, -0.15) is 0 Å². The Morgan fingerprint density at radius 1 is 1.64 bits per heavy atom. The Bertz CT molecular complexity index is 265. The molecule has 2 amide bonds. The highest BCUT2D eigenvalue weighted by Crippen LogP contribution is 2.10. The van der Waals surface area contributed by atoms with Gasteiger partial charge in [-0.3, -0.25) is 14.9 Å². The molecule has 0 atom stereocenters. The quantitative estimate of drug-likeness (QED) is 0.475. The third kappa shape index (κ3) is 2.68. The number of hydrogen-bond acceptors (Lipinski definition) is 5.